The lowest BCUT2D eigenvalue weighted by molar-refractivity contribution is -0.151. The summed E-state index contributed by atoms with van der Waals surface area (Å²) < 4.78 is 24.1. The quantitative estimate of drug-likeness (QED) is 0.868. The van der Waals surface area contributed by atoms with E-state index in [0.29, 0.717) is 38.0 Å². The molecule has 1 fully saturated rings. The van der Waals surface area contributed by atoms with E-state index in [9.17, 15) is 14.3 Å². The summed E-state index contributed by atoms with van der Waals surface area (Å²) in [5.74, 6) is -0.384. The maximum atomic E-state index is 14.0. The van der Waals surface area contributed by atoms with Crippen LogP contribution in [-0.2, 0) is 15.1 Å². The fourth-order valence-corrected chi connectivity index (χ4v) is 2.85. The van der Waals surface area contributed by atoms with Gasteiger partial charge in [-0.3, -0.25) is 4.79 Å². The minimum absolute atomic E-state index is 0.209. The van der Waals surface area contributed by atoms with Crippen LogP contribution in [0.25, 0.3) is 0 Å². The van der Waals surface area contributed by atoms with Gasteiger partial charge in [-0.1, -0.05) is 0 Å². The predicted molar refractivity (Wildman–Crippen MR) is 75.4 cm³/mol. The first-order valence-electron chi connectivity index (χ1n) is 7.23. The summed E-state index contributed by atoms with van der Waals surface area (Å²) in [6.07, 6.45) is 1.65. The van der Waals surface area contributed by atoms with E-state index in [0.717, 1.165) is 0 Å². The molecule has 0 amide bonds. The third kappa shape index (κ3) is 3.35. The molecule has 0 atom stereocenters. The summed E-state index contributed by atoms with van der Waals surface area (Å²) in [5.41, 5.74) is -1.01. The summed E-state index contributed by atoms with van der Waals surface area (Å²) in [6, 6.07) is 4.34. The van der Waals surface area contributed by atoms with Crippen molar-refractivity contribution in [3.05, 3.63) is 29.6 Å². The molecule has 1 aromatic rings. The first-order valence-corrected chi connectivity index (χ1v) is 7.23. The molecule has 1 aliphatic rings. The number of hydrogen-bond donors (Lipinski definition) is 1. The van der Waals surface area contributed by atoms with Crippen molar-refractivity contribution in [1.29, 1.82) is 0 Å². The zero-order valence-corrected chi connectivity index (χ0v) is 12.4. The molecule has 0 bridgehead atoms. The van der Waals surface area contributed by atoms with Crippen molar-refractivity contribution in [2.24, 2.45) is 5.92 Å². The van der Waals surface area contributed by atoms with E-state index < -0.39 is 11.4 Å². The van der Waals surface area contributed by atoms with Gasteiger partial charge in [0.25, 0.3) is 0 Å². The van der Waals surface area contributed by atoms with Crippen molar-refractivity contribution in [1.82, 2.24) is 0 Å². The minimum Gasteiger partial charge on any atom is -0.497 e. The average molecular weight is 296 g/mol. The molecule has 21 heavy (non-hydrogen) atoms. The number of carbonyl (C=O) groups excluding carboxylic acids is 1. The lowest BCUT2D eigenvalue weighted by Crippen LogP contribution is -2.35. The molecule has 5 heteroatoms. The number of methoxy groups -OCH3 is 1. The Morgan fingerprint density at radius 3 is 2.67 bits per heavy atom. The van der Waals surface area contributed by atoms with Crippen LogP contribution in [0.5, 0.6) is 5.75 Å². The zero-order valence-electron chi connectivity index (χ0n) is 12.4. The normalized spacial score (nSPS) is 25.4. The van der Waals surface area contributed by atoms with Crippen molar-refractivity contribution < 1.29 is 23.8 Å². The summed E-state index contributed by atoms with van der Waals surface area (Å²) in [7, 11) is 1.50. The van der Waals surface area contributed by atoms with Gasteiger partial charge in [0, 0.05) is 5.56 Å². The lowest BCUT2D eigenvalue weighted by Gasteiger charge is -2.35. The van der Waals surface area contributed by atoms with Gasteiger partial charge in [-0.15, -0.1) is 0 Å². The van der Waals surface area contributed by atoms with E-state index in [1.165, 1.54) is 25.3 Å². The Morgan fingerprint density at radius 1 is 1.43 bits per heavy atom. The number of aliphatic hydroxyl groups is 1. The highest BCUT2D eigenvalue weighted by Gasteiger charge is 2.39. The average Bonchev–Trinajstić information content (AvgIpc) is 2.48. The highest BCUT2D eigenvalue weighted by Crippen LogP contribution is 2.41. The smallest absolute Gasteiger partial charge is 0.308 e. The Kier molecular flexibility index (Phi) is 4.83. The molecule has 2 rings (SSSR count). The number of rotatable bonds is 4. The second-order valence-electron chi connectivity index (χ2n) is 5.40. The number of ether oxygens (including phenoxy) is 2. The zero-order chi connectivity index (χ0) is 15.5. The van der Waals surface area contributed by atoms with E-state index in [1.54, 1.807) is 6.92 Å². The molecule has 0 aliphatic heterocycles. The fourth-order valence-electron chi connectivity index (χ4n) is 2.85. The SMILES string of the molecule is CCOC(=O)C1CCC(O)(c2cc(OC)ccc2F)CC1. The van der Waals surface area contributed by atoms with Crippen LogP contribution in [0.3, 0.4) is 0 Å². The van der Waals surface area contributed by atoms with Crippen LogP contribution in [0, 0.1) is 11.7 Å². The van der Waals surface area contributed by atoms with Crippen LogP contribution in [0.1, 0.15) is 38.2 Å². The number of esters is 1. The van der Waals surface area contributed by atoms with E-state index in [1.807, 2.05) is 0 Å². The largest absolute Gasteiger partial charge is 0.497 e. The van der Waals surface area contributed by atoms with Gasteiger partial charge in [-0.25, -0.2) is 4.39 Å². The van der Waals surface area contributed by atoms with Gasteiger partial charge in [-0.05, 0) is 50.8 Å². The van der Waals surface area contributed by atoms with Crippen molar-refractivity contribution in [2.75, 3.05) is 13.7 Å². The topological polar surface area (TPSA) is 55.8 Å². The van der Waals surface area contributed by atoms with E-state index >= 15 is 0 Å². The Hall–Kier alpha value is -1.62. The standard InChI is InChI=1S/C16H21FO4/c1-3-21-15(18)11-6-8-16(19,9-7-11)13-10-12(20-2)4-5-14(13)17/h4-5,10-11,19H,3,6-9H2,1-2H3. The van der Waals surface area contributed by atoms with Gasteiger partial charge in [0.15, 0.2) is 0 Å². The number of benzene rings is 1. The fraction of sp³-hybridized carbons (Fsp3) is 0.562. The van der Waals surface area contributed by atoms with E-state index in [4.69, 9.17) is 9.47 Å². The molecular formula is C16H21FO4. The molecule has 4 nitrogen and oxygen atoms in total. The lowest BCUT2D eigenvalue weighted by atomic mass is 9.75. The van der Waals surface area contributed by atoms with Crippen molar-refractivity contribution in [3.63, 3.8) is 0 Å². The maximum absolute atomic E-state index is 14.0. The highest BCUT2D eigenvalue weighted by molar-refractivity contribution is 5.72. The van der Waals surface area contributed by atoms with Crippen molar-refractivity contribution >= 4 is 5.97 Å². The number of carbonyl (C=O) groups is 1. The Morgan fingerprint density at radius 2 is 2.10 bits per heavy atom. The molecule has 1 saturated carbocycles. The third-order valence-corrected chi connectivity index (χ3v) is 4.11. The first kappa shape index (κ1) is 15.8. The molecule has 0 heterocycles. The van der Waals surface area contributed by atoms with Gasteiger partial charge < -0.3 is 14.6 Å². The number of halogens is 1. The van der Waals surface area contributed by atoms with Crippen molar-refractivity contribution in [3.8, 4) is 5.75 Å². The van der Waals surface area contributed by atoms with Crippen LogP contribution >= 0.6 is 0 Å². The third-order valence-electron chi connectivity index (χ3n) is 4.11. The Labute approximate surface area is 123 Å². The summed E-state index contributed by atoms with van der Waals surface area (Å²) in [4.78, 5) is 11.7. The van der Waals surface area contributed by atoms with Gasteiger partial charge in [0.1, 0.15) is 11.6 Å². The van der Waals surface area contributed by atoms with Crippen LogP contribution in [-0.4, -0.2) is 24.8 Å². The summed E-state index contributed by atoms with van der Waals surface area (Å²) >= 11 is 0. The summed E-state index contributed by atoms with van der Waals surface area (Å²) in [5, 5.41) is 10.7. The molecule has 0 radical (unpaired) electrons. The number of hydrogen-bond acceptors (Lipinski definition) is 4. The molecule has 0 saturated heterocycles. The monoisotopic (exact) mass is 296 g/mol. The molecule has 0 aromatic heterocycles. The second-order valence-corrected chi connectivity index (χ2v) is 5.40. The second kappa shape index (κ2) is 6.43. The molecular weight excluding hydrogens is 275 g/mol. The Balaban J connectivity index is 2.13. The van der Waals surface area contributed by atoms with Crippen LogP contribution in [0.15, 0.2) is 18.2 Å². The molecule has 1 aliphatic carbocycles. The van der Waals surface area contributed by atoms with Gasteiger partial charge >= 0.3 is 5.97 Å². The highest BCUT2D eigenvalue weighted by atomic mass is 19.1. The van der Waals surface area contributed by atoms with E-state index in [-0.39, 0.29) is 17.5 Å². The molecule has 1 aromatic carbocycles. The molecule has 116 valence electrons. The molecule has 0 unspecified atom stereocenters. The summed E-state index contributed by atoms with van der Waals surface area (Å²) in [6.45, 7) is 2.12. The molecule has 1 N–H and O–H groups in total. The van der Waals surface area contributed by atoms with Gasteiger partial charge in [-0.2, -0.15) is 0 Å². The van der Waals surface area contributed by atoms with Crippen LogP contribution in [0.2, 0.25) is 0 Å². The van der Waals surface area contributed by atoms with Crippen LogP contribution < -0.4 is 4.74 Å². The van der Waals surface area contributed by atoms with Gasteiger partial charge in [0.2, 0.25) is 0 Å². The molecule has 0 spiro atoms. The Bertz CT molecular complexity index is 507. The van der Waals surface area contributed by atoms with Crippen molar-refractivity contribution in [2.45, 2.75) is 38.2 Å². The first-order chi connectivity index (χ1) is 10.00. The maximum Gasteiger partial charge on any atom is 0.308 e. The van der Waals surface area contributed by atoms with Crippen LogP contribution in [0.4, 0.5) is 4.39 Å². The van der Waals surface area contributed by atoms with E-state index in [2.05, 4.69) is 0 Å². The predicted octanol–water partition coefficient (Wildman–Crippen LogP) is 2.78. The van der Waals surface area contributed by atoms with Gasteiger partial charge in [0.05, 0.1) is 25.2 Å². The minimum atomic E-state index is -1.25.